The molecule has 2 N–H and O–H groups in total. The predicted molar refractivity (Wildman–Crippen MR) is 102 cm³/mol. The van der Waals surface area contributed by atoms with E-state index in [9.17, 15) is 9.18 Å². The molecule has 1 amide bonds. The molecule has 132 valence electrons. The number of nitrogens with one attached hydrogen (secondary N) is 2. The van der Waals surface area contributed by atoms with E-state index in [0.29, 0.717) is 23.6 Å². The summed E-state index contributed by atoms with van der Waals surface area (Å²) in [6.45, 7) is 0.704. The number of hydrogen-bond donors (Lipinski definition) is 2. The Balaban J connectivity index is 1.60. The van der Waals surface area contributed by atoms with Gasteiger partial charge in [-0.1, -0.05) is 41.9 Å². The van der Waals surface area contributed by atoms with E-state index in [2.05, 4.69) is 27.8 Å². The molecule has 0 radical (unpaired) electrons. The van der Waals surface area contributed by atoms with Crippen molar-refractivity contribution in [2.75, 3.05) is 17.2 Å². The minimum atomic E-state index is -0.529. The molecule has 26 heavy (non-hydrogen) atoms. The molecule has 0 aliphatic heterocycles. The lowest BCUT2D eigenvalue weighted by atomic mass is 10.1. The molecule has 4 nitrogen and oxygen atoms in total. The van der Waals surface area contributed by atoms with Gasteiger partial charge in [0.25, 0.3) is 5.91 Å². The van der Waals surface area contributed by atoms with Crippen LogP contribution in [0.1, 0.15) is 15.9 Å². The number of amides is 1. The fraction of sp³-hybridized carbons (Fsp3) is 0.100. The third-order valence-electron chi connectivity index (χ3n) is 3.76. The van der Waals surface area contributed by atoms with Gasteiger partial charge in [0, 0.05) is 24.0 Å². The maximum atomic E-state index is 13.2. The second-order valence-corrected chi connectivity index (χ2v) is 6.08. The van der Waals surface area contributed by atoms with E-state index in [1.54, 1.807) is 18.3 Å². The minimum Gasteiger partial charge on any atom is -0.370 e. The summed E-state index contributed by atoms with van der Waals surface area (Å²) in [5, 5.41) is 5.86. The Labute approximate surface area is 156 Å². The predicted octanol–water partition coefficient (Wildman–Crippen LogP) is 4.78. The normalized spacial score (nSPS) is 10.4. The van der Waals surface area contributed by atoms with Gasteiger partial charge in [-0.25, -0.2) is 9.37 Å². The van der Waals surface area contributed by atoms with Crippen LogP contribution in [0, 0.1) is 5.82 Å². The summed E-state index contributed by atoms with van der Waals surface area (Å²) in [6.07, 6.45) is 2.42. The van der Waals surface area contributed by atoms with Gasteiger partial charge < -0.3 is 10.6 Å². The van der Waals surface area contributed by atoms with Crippen molar-refractivity contribution < 1.29 is 9.18 Å². The van der Waals surface area contributed by atoms with Gasteiger partial charge in [-0.05, 0) is 42.3 Å². The van der Waals surface area contributed by atoms with Crippen molar-refractivity contribution in [3.05, 3.63) is 88.8 Å². The van der Waals surface area contributed by atoms with Crippen LogP contribution in [0.3, 0.4) is 0 Å². The van der Waals surface area contributed by atoms with Crippen LogP contribution in [0.15, 0.2) is 66.9 Å². The van der Waals surface area contributed by atoms with Crippen LogP contribution < -0.4 is 10.6 Å². The molecule has 0 aliphatic carbocycles. The molecule has 0 unspecified atom stereocenters. The molecular formula is C20H17ClFN3O. The fourth-order valence-electron chi connectivity index (χ4n) is 2.43. The van der Waals surface area contributed by atoms with Crippen molar-refractivity contribution >= 4 is 29.0 Å². The molecule has 0 saturated heterocycles. The Morgan fingerprint density at radius 3 is 2.65 bits per heavy atom. The number of benzene rings is 2. The summed E-state index contributed by atoms with van der Waals surface area (Å²) >= 11 is 5.73. The van der Waals surface area contributed by atoms with Gasteiger partial charge in [0.15, 0.2) is 0 Å². The zero-order valence-electron chi connectivity index (χ0n) is 13.9. The van der Waals surface area contributed by atoms with E-state index < -0.39 is 5.82 Å². The molecule has 1 heterocycles. The van der Waals surface area contributed by atoms with Gasteiger partial charge in [0.2, 0.25) is 0 Å². The number of pyridine rings is 1. The molecule has 1 aromatic heterocycles. The number of nitrogens with zero attached hydrogens (tertiary/aromatic N) is 1. The van der Waals surface area contributed by atoms with Gasteiger partial charge >= 0.3 is 0 Å². The molecule has 0 saturated carbocycles. The smallest absolute Gasteiger partial charge is 0.255 e. The van der Waals surface area contributed by atoms with Gasteiger partial charge in [0.05, 0.1) is 5.02 Å². The van der Waals surface area contributed by atoms with E-state index >= 15 is 0 Å². The topological polar surface area (TPSA) is 54.0 Å². The molecule has 2 aromatic carbocycles. The largest absolute Gasteiger partial charge is 0.370 e. The van der Waals surface area contributed by atoms with Crippen LogP contribution in [-0.4, -0.2) is 17.4 Å². The lowest BCUT2D eigenvalue weighted by Crippen LogP contribution is -2.13. The second kappa shape index (κ2) is 8.45. The lowest BCUT2D eigenvalue weighted by molar-refractivity contribution is 0.102. The number of anilines is 2. The summed E-state index contributed by atoms with van der Waals surface area (Å²) in [6, 6.07) is 17.4. The zero-order valence-corrected chi connectivity index (χ0v) is 14.6. The number of aromatic nitrogens is 1. The van der Waals surface area contributed by atoms with Crippen LogP contribution in [0.25, 0.3) is 0 Å². The highest BCUT2D eigenvalue weighted by molar-refractivity contribution is 6.31. The monoisotopic (exact) mass is 369 g/mol. The molecule has 3 rings (SSSR count). The highest BCUT2D eigenvalue weighted by atomic mass is 35.5. The Bertz CT molecular complexity index is 903. The van der Waals surface area contributed by atoms with E-state index in [0.717, 1.165) is 6.42 Å². The Hall–Kier alpha value is -2.92. The first-order valence-electron chi connectivity index (χ1n) is 8.12. The maximum Gasteiger partial charge on any atom is 0.255 e. The number of hydrogen-bond acceptors (Lipinski definition) is 3. The number of halogens is 2. The van der Waals surface area contributed by atoms with Crippen molar-refractivity contribution in [3.8, 4) is 0 Å². The third kappa shape index (κ3) is 4.80. The van der Waals surface area contributed by atoms with Gasteiger partial charge in [-0.15, -0.1) is 0 Å². The van der Waals surface area contributed by atoms with Gasteiger partial charge in [0.1, 0.15) is 11.6 Å². The zero-order chi connectivity index (χ0) is 18.4. The van der Waals surface area contributed by atoms with E-state index in [4.69, 9.17) is 11.6 Å². The summed E-state index contributed by atoms with van der Waals surface area (Å²) in [4.78, 5) is 16.6. The Morgan fingerprint density at radius 2 is 1.88 bits per heavy atom. The average molecular weight is 370 g/mol. The van der Waals surface area contributed by atoms with E-state index in [1.807, 2.05) is 18.2 Å². The van der Waals surface area contributed by atoms with Crippen LogP contribution >= 0.6 is 11.6 Å². The highest BCUT2D eigenvalue weighted by Gasteiger charge is 2.09. The summed E-state index contributed by atoms with van der Waals surface area (Å²) in [5.74, 6) is -0.231. The fourth-order valence-corrected chi connectivity index (χ4v) is 2.61. The lowest BCUT2D eigenvalue weighted by Gasteiger charge is -2.09. The minimum absolute atomic E-state index is 0.0409. The number of carbonyl (C=O) groups is 1. The Kier molecular flexibility index (Phi) is 5.81. The summed E-state index contributed by atoms with van der Waals surface area (Å²) < 4.78 is 13.2. The van der Waals surface area contributed by atoms with Crippen molar-refractivity contribution in [1.82, 2.24) is 4.98 Å². The van der Waals surface area contributed by atoms with Gasteiger partial charge in [-0.2, -0.15) is 0 Å². The molecule has 3 aromatic rings. The van der Waals surface area contributed by atoms with Gasteiger partial charge in [-0.3, -0.25) is 4.79 Å². The first kappa shape index (κ1) is 17.9. The van der Waals surface area contributed by atoms with Crippen LogP contribution in [-0.2, 0) is 6.42 Å². The molecule has 0 spiro atoms. The SMILES string of the molecule is O=C(Nc1ccc(F)c(Cl)c1)c1ccnc(NCCc2ccccc2)c1. The van der Waals surface area contributed by atoms with Crippen molar-refractivity contribution in [1.29, 1.82) is 0 Å². The maximum absolute atomic E-state index is 13.2. The highest BCUT2D eigenvalue weighted by Crippen LogP contribution is 2.20. The van der Waals surface area contributed by atoms with Crippen LogP contribution in [0.5, 0.6) is 0 Å². The first-order valence-corrected chi connectivity index (χ1v) is 8.50. The van der Waals surface area contributed by atoms with E-state index in [-0.39, 0.29) is 10.9 Å². The van der Waals surface area contributed by atoms with Crippen LogP contribution in [0.4, 0.5) is 15.9 Å². The van der Waals surface area contributed by atoms with Crippen molar-refractivity contribution in [2.24, 2.45) is 0 Å². The molecule has 6 heteroatoms. The molecule has 0 fully saturated rings. The molecule has 0 aliphatic rings. The second-order valence-electron chi connectivity index (χ2n) is 5.68. The standard InChI is InChI=1S/C20H17ClFN3O/c21-17-13-16(6-7-18(17)22)25-20(26)15-9-11-24-19(12-15)23-10-8-14-4-2-1-3-5-14/h1-7,9,11-13H,8,10H2,(H,23,24)(H,25,26). The summed E-state index contributed by atoms with van der Waals surface area (Å²) in [7, 11) is 0. The summed E-state index contributed by atoms with van der Waals surface area (Å²) in [5.41, 5.74) is 2.10. The molecular weight excluding hydrogens is 353 g/mol. The number of carbonyl (C=O) groups excluding carboxylic acids is 1. The quantitative estimate of drug-likeness (QED) is 0.657. The Morgan fingerprint density at radius 1 is 1.08 bits per heavy atom. The van der Waals surface area contributed by atoms with Crippen LogP contribution in [0.2, 0.25) is 5.02 Å². The average Bonchev–Trinajstić information content (AvgIpc) is 2.66. The van der Waals surface area contributed by atoms with Crippen molar-refractivity contribution in [2.45, 2.75) is 6.42 Å². The van der Waals surface area contributed by atoms with E-state index in [1.165, 1.54) is 23.8 Å². The first-order chi connectivity index (χ1) is 12.6. The third-order valence-corrected chi connectivity index (χ3v) is 4.05. The molecule has 0 bridgehead atoms. The van der Waals surface area contributed by atoms with Crippen molar-refractivity contribution in [3.63, 3.8) is 0 Å². The number of rotatable bonds is 6. The molecule has 0 atom stereocenters.